The van der Waals surface area contributed by atoms with Crippen LogP contribution in [0, 0.1) is 0 Å². The molecule has 0 bridgehead atoms. The normalized spacial score (nSPS) is 10.5. The summed E-state index contributed by atoms with van der Waals surface area (Å²) in [6.45, 7) is 0.668. The van der Waals surface area contributed by atoms with Crippen LogP contribution in [0.3, 0.4) is 0 Å². The van der Waals surface area contributed by atoms with E-state index in [2.05, 4.69) is 10.3 Å². The molecule has 0 atom stereocenters. The van der Waals surface area contributed by atoms with Gasteiger partial charge in [0.1, 0.15) is 23.8 Å². The van der Waals surface area contributed by atoms with E-state index in [9.17, 15) is 9.90 Å². The molecule has 0 aliphatic rings. The number of amides is 1. The predicted octanol–water partition coefficient (Wildman–Crippen LogP) is 1.86. The maximum absolute atomic E-state index is 12.1. The summed E-state index contributed by atoms with van der Waals surface area (Å²) in [6, 6.07) is 10.4. The average molecular weight is 327 g/mol. The number of rotatable bonds is 6. The van der Waals surface area contributed by atoms with Gasteiger partial charge in [-0.2, -0.15) is 0 Å². The van der Waals surface area contributed by atoms with Crippen LogP contribution >= 0.6 is 0 Å². The largest absolute Gasteiger partial charge is 0.504 e. The number of fused-ring (bicyclic) bond motifs is 1. The van der Waals surface area contributed by atoms with Crippen molar-refractivity contribution >= 4 is 11.6 Å². The quantitative estimate of drug-likeness (QED) is 0.675. The summed E-state index contributed by atoms with van der Waals surface area (Å²) in [7, 11) is 1.60. The molecule has 124 valence electrons. The Balaban J connectivity index is 1.52. The number of carbonyl (C=O) groups excluding carboxylic acids is 1. The number of ether oxygens (including phenoxy) is 2. The molecule has 7 nitrogen and oxygen atoms in total. The van der Waals surface area contributed by atoms with Crippen LogP contribution in [0.5, 0.6) is 17.2 Å². The monoisotopic (exact) mass is 327 g/mol. The van der Waals surface area contributed by atoms with Gasteiger partial charge < -0.3 is 24.3 Å². The Morgan fingerprint density at radius 2 is 2.00 bits per heavy atom. The Hall–Kier alpha value is -3.22. The maximum Gasteiger partial charge on any atom is 0.271 e. The van der Waals surface area contributed by atoms with Gasteiger partial charge in [0.2, 0.25) is 0 Å². The highest BCUT2D eigenvalue weighted by Crippen LogP contribution is 2.17. The molecule has 3 aromatic rings. The molecule has 0 unspecified atom stereocenters. The molecular weight excluding hydrogens is 310 g/mol. The highest BCUT2D eigenvalue weighted by atomic mass is 16.5. The number of hydrogen-bond acceptors (Lipinski definition) is 5. The Bertz CT molecular complexity index is 843. The van der Waals surface area contributed by atoms with Crippen LogP contribution in [0.15, 0.2) is 48.8 Å². The van der Waals surface area contributed by atoms with Gasteiger partial charge >= 0.3 is 0 Å². The van der Waals surface area contributed by atoms with Crippen LogP contribution < -0.4 is 14.8 Å². The third-order valence-corrected chi connectivity index (χ3v) is 3.41. The van der Waals surface area contributed by atoms with Gasteiger partial charge in [-0.3, -0.25) is 4.79 Å². The molecule has 7 heteroatoms. The molecule has 0 fully saturated rings. The summed E-state index contributed by atoms with van der Waals surface area (Å²) in [4.78, 5) is 16.2. The Kier molecular flexibility index (Phi) is 4.51. The van der Waals surface area contributed by atoms with Crippen LogP contribution in [0.25, 0.3) is 5.65 Å². The summed E-state index contributed by atoms with van der Waals surface area (Å²) >= 11 is 0. The van der Waals surface area contributed by atoms with Crippen molar-refractivity contribution in [3.63, 3.8) is 0 Å². The molecule has 0 saturated heterocycles. The van der Waals surface area contributed by atoms with Crippen molar-refractivity contribution in [3.8, 4) is 17.2 Å². The van der Waals surface area contributed by atoms with E-state index < -0.39 is 0 Å². The van der Waals surface area contributed by atoms with Crippen LogP contribution in [-0.2, 0) is 0 Å². The fraction of sp³-hybridized carbons (Fsp3) is 0.176. The Labute approximate surface area is 138 Å². The molecule has 0 spiro atoms. The predicted molar refractivity (Wildman–Crippen MR) is 87.7 cm³/mol. The first-order valence-electron chi connectivity index (χ1n) is 7.39. The van der Waals surface area contributed by atoms with Crippen molar-refractivity contribution in [2.75, 3.05) is 20.3 Å². The number of aromatic nitrogens is 2. The van der Waals surface area contributed by atoms with E-state index in [0.717, 1.165) is 5.75 Å². The molecule has 1 amide bonds. The molecule has 2 heterocycles. The molecular formula is C17H17N3O4. The number of aromatic hydroxyl groups is 1. The van der Waals surface area contributed by atoms with Crippen LogP contribution in [0.2, 0.25) is 0 Å². The number of nitrogens with zero attached hydrogens (tertiary/aromatic N) is 2. The molecule has 2 aromatic heterocycles. The molecule has 0 radical (unpaired) electrons. The van der Waals surface area contributed by atoms with Crippen molar-refractivity contribution in [3.05, 3.63) is 54.5 Å². The Morgan fingerprint density at radius 1 is 1.25 bits per heavy atom. The van der Waals surface area contributed by atoms with Gasteiger partial charge in [-0.15, -0.1) is 0 Å². The standard InChI is InChI=1S/C17H17N3O4/c1-23-12-4-6-13(7-5-12)24-10-8-18-17(22)14-11-20-9-2-3-15(21)16(20)19-14/h2-7,9,11,21H,8,10H2,1H3,(H,18,22). The number of methoxy groups -OCH3 is 1. The number of carbonyl (C=O) groups is 1. The first-order valence-corrected chi connectivity index (χ1v) is 7.39. The van der Waals surface area contributed by atoms with Gasteiger partial charge in [0, 0.05) is 12.4 Å². The molecule has 2 N–H and O–H groups in total. The van der Waals surface area contributed by atoms with Gasteiger partial charge in [0.15, 0.2) is 11.4 Å². The van der Waals surface area contributed by atoms with Gasteiger partial charge in [-0.25, -0.2) is 4.98 Å². The summed E-state index contributed by atoms with van der Waals surface area (Å²) in [5.74, 6) is 1.16. The molecule has 3 rings (SSSR count). The first kappa shape index (κ1) is 15.7. The lowest BCUT2D eigenvalue weighted by Gasteiger charge is -2.07. The van der Waals surface area contributed by atoms with Crippen molar-refractivity contribution in [2.45, 2.75) is 0 Å². The third-order valence-electron chi connectivity index (χ3n) is 3.41. The van der Waals surface area contributed by atoms with Crippen molar-refractivity contribution in [2.24, 2.45) is 0 Å². The third kappa shape index (κ3) is 3.40. The summed E-state index contributed by atoms with van der Waals surface area (Å²) < 4.78 is 12.2. The lowest BCUT2D eigenvalue weighted by Crippen LogP contribution is -2.28. The van der Waals surface area contributed by atoms with Gasteiger partial charge in [0.25, 0.3) is 5.91 Å². The van der Waals surface area contributed by atoms with E-state index >= 15 is 0 Å². The van der Waals surface area contributed by atoms with Gasteiger partial charge in [-0.05, 0) is 36.4 Å². The fourth-order valence-corrected chi connectivity index (χ4v) is 2.20. The summed E-state index contributed by atoms with van der Waals surface area (Å²) in [5, 5.41) is 12.4. The molecule has 1 aromatic carbocycles. The SMILES string of the molecule is COc1ccc(OCCNC(=O)c2cn3cccc(O)c3n2)cc1. The minimum absolute atomic E-state index is 0.0272. The number of benzene rings is 1. The zero-order valence-electron chi connectivity index (χ0n) is 13.1. The smallest absolute Gasteiger partial charge is 0.271 e. The molecule has 24 heavy (non-hydrogen) atoms. The van der Waals surface area contributed by atoms with Gasteiger partial charge in [0.05, 0.1) is 13.7 Å². The van der Waals surface area contributed by atoms with E-state index in [-0.39, 0.29) is 17.4 Å². The second-order valence-corrected chi connectivity index (χ2v) is 5.03. The topological polar surface area (TPSA) is 85.1 Å². The number of hydrogen-bond donors (Lipinski definition) is 2. The summed E-state index contributed by atoms with van der Waals surface area (Å²) in [5.41, 5.74) is 0.582. The average Bonchev–Trinajstić information content (AvgIpc) is 3.05. The van der Waals surface area contributed by atoms with Gasteiger partial charge in [-0.1, -0.05) is 0 Å². The van der Waals surface area contributed by atoms with Crippen LogP contribution in [0.1, 0.15) is 10.5 Å². The van der Waals surface area contributed by atoms with Crippen molar-refractivity contribution in [1.82, 2.24) is 14.7 Å². The highest BCUT2D eigenvalue weighted by molar-refractivity contribution is 5.93. The van der Waals surface area contributed by atoms with E-state index in [1.165, 1.54) is 6.07 Å². The zero-order valence-corrected chi connectivity index (χ0v) is 13.1. The zero-order chi connectivity index (χ0) is 16.9. The fourth-order valence-electron chi connectivity index (χ4n) is 2.20. The summed E-state index contributed by atoms with van der Waals surface area (Å²) in [6.07, 6.45) is 3.28. The van der Waals surface area contributed by atoms with E-state index in [0.29, 0.717) is 24.5 Å². The van der Waals surface area contributed by atoms with E-state index in [1.54, 1.807) is 54.2 Å². The van der Waals surface area contributed by atoms with Crippen LogP contribution in [-0.4, -0.2) is 40.7 Å². The van der Waals surface area contributed by atoms with E-state index in [4.69, 9.17) is 9.47 Å². The lowest BCUT2D eigenvalue weighted by molar-refractivity contribution is 0.0942. The Morgan fingerprint density at radius 3 is 2.71 bits per heavy atom. The number of nitrogens with one attached hydrogen (secondary N) is 1. The lowest BCUT2D eigenvalue weighted by atomic mass is 10.3. The highest BCUT2D eigenvalue weighted by Gasteiger charge is 2.12. The molecule has 0 aliphatic heterocycles. The second kappa shape index (κ2) is 6.91. The molecule has 0 aliphatic carbocycles. The molecule has 0 saturated carbocycles. The minimum Gasteiger partial charge on any atom is -0.504 e. The van der Waals surface area contributed by atoms with Crippen molar-refractivity contribution in [1.29, 1.82) is 0 Å². The van der Waals surface area contributed by atoms with E-state index in [1.807, 2.05) is 0 Å². The first-order chi connectivity index (χ1) is 11.7. The van der Waals surface area contributed by atoms with Crippen molar-refractivity contribution < 1.29 is 19.4 Å². The second-order valence-electron chi connectivity index (χ2n) is 5.03. The maximum atomic E-state index is 12.1. The number of imidazole rings is 1. The van der Waals surface area contributed by atoms with Crippen LogP contribution in [0.4, 0.5) is 0 Å². The number of pyridine rings is 1. The minimum atomic E-state index is -0.323.